The van der Waals surface area contributed by atoms with Crippen molar-refractivity contribution in [2.24, 2.45) is 11.7 Å². The molecule has 1 heterocycles. The zero-order valence-electron chi connectivity index (χ0n) is 13.2. The van der Waals surface area contributed by atoms with Gasteiger partial charge in [0.25, 0.3) is 0 Å². The van der Waals surface area contributed by atoms with E-state index in [1.165, 1.54) is 25.7 Å². The minimum absolute atomic E-state index is 0.0645. The Morgan fingerprint density at radius 2 is 2.00 bits per heavy atom. The maximum Gasteiger partial charge on any atom is 0.240 e. The van der Waals surface area contributed by atoms with E-state index in [0.29, 0.717) is 24.4 Å². The lowest BCUT2D eigenvalue weighted by Crippen LogP contribution is -2.42. The van der Waals surface area contributed by atoms with E-state index in [1.54, 1.807) is 0 Å². The average Bonchev–Trinajstić information content (AvgIpc) is 2.87. The molecule has 2 rings (SSSR count). The number of hydrogen-bond donors (Lipinski definition) is 1. The van der Waals surface area contributed by atoms with Gasteiger partial charge in [0.05, 0.1) is 6.54 Å². The molecule has 20 heavy (non-hydrogen) atoms. The minimum Gasteiger partial charge on any atom is -0.338 e. The zero-order valence-corrected chi connectivity index (χ0v) is 13.2. The molecule has 0 amide bonds. The van der Waals surface area contributed by atoms with E-state index in [9.17, 15) is 0 Å². The fourth-order valence-electron chi connectivity index (χ4n) is 3.00. The maximum absolute atomic E-state index is 5.91. The molecule has 0 aromatic carbocycles. The standard InChI is InChI=1S/C15H28N4O/c1-15(2,3)14-17-13(20-18-14)10-19(4)12-8-6-5-7-11(12)9-16/h11-12H,5-10,16H2,1-4H3. The van der Waals surface area contributed by atoms with Crippen LogP contribution in [0.4, 0.5) is 0 Å². The lowest BCUT2D eigenvalue weighted by atomic mass is 9.84. The topological polar surface area (TPSA) is 68.2 Å². The molecule has 2 unspecified atom stereocenters. The Hall–Kier alpha value is -0.940. The fourth-order valence-corrected chi connectivity index (χ4v) is 3.00. The Morgan fingerprint density at radius 1 is 1.30 bits per heavy atom. The smallest absolute Gasteiger partial charge is 0.240 e. The largest absolute Gasteiger partial charge is 0.338 e. The summed E-state index contributed by atoms with van der Waals surface area (Å²) in [5, 5.41) is 4.09. The van der Waals surface area contributed by atoms with Crippen molar-refractivity contribution in [1.82, 2.24) is 15.0 Å². The zero-order chi connectivity index (χ0) is 14.8. The first-order valence-electron chi connectivity index (χ1n) is 7.65. The van der Waals surface area contributed by atoms with Crippen LogP contribution in [-0.4, -0.2) is 34.7 Å². The lowest BCUT2D eigenvalue weighted by Gasteiger charge is -2.36. The molecule has 0 spiro atoms. The van der Waals surface area contributed by atoms with Crippen LogP contribution in [0.25, 0.3) is 0 Å². The quantitative estimate of drug-likeness (QED) is 0.916. The van der Waals surface area contributed by atoms with Crippen LogP contribution in [0.3, 0.4) is 0 Å². The maximum atomic E-state index is 5.91. The molecule has 5 heteroatoms. The fraction of sp³-hybridized carbons (Fsp3) is 0.867. The number of nitrogens with zero attached hydrogens (tertiary/aromatic N) is 3. The first-order valence-corrected chi connectivity index (χ1v) is 7.65. The van der Waals surface area contributed by atoms with Gasteiger partial charge in [-0.1, -0.05) is 38.8 Å². The average molecular weight is 280 g/mol. The molecular formula is C15H28N4O. The molecule has 2 atom stereocenters. The monoisotopic (exact) mass is 280 g/mol. The molecule has 1 aromatic heterocycles. The van der Waals surface area contributed by atoms with E-state index in [0.717, 1.165) is 12.4 Å². The highest BCUT2D eigenvalue weighted by atomic mass is 16.5. The van der Waals surface area contributed by atoms with Gasteiger partial charge in [-0.25, -0.2) is 0 Å². The first-order chi connectivity index (χ1) is 9.41. The van der Waals surface area contributed by atoms with Gasteiger partial charge in [-0.05, 0) is 32.4 Å². The third-order valence-electron chi connectivity index (χ3n) is 4.26. The van der Waals surface area contributed by atoms with E-state index < -0.39 is 0 Å². The molecule has 2 N–H and O–H groups in total. The lowest BCUT2D eigenvalue weighted by molar-refractivity contribution is 0.115. The van der Waals surface area contributed by atoms with Crippen molar-refractivity contribution in [3.63, 3.8) is 0 Å². The van der Waals surface area contributed by atoms with Crippen LogP contribution in [-0.2, 0) is 12.0 Å². The molecular weight excluding hydrogens is 252 g/mol. The summed E-state index contributed by atoms with van der Waals surface area (Å²) in [4.78, 5) is 6.85. The molecule has 1 saturated carbocycles. The molecule has 0 bridgehead atoms. The second-order valence-corrected chi connectivity index (χ2v) is 7.02. The van der Waals surface area contributed by atoms with Gasteiger partial charge in [0, 0.05) is 11.5 Å². The number of nitrogens with two attached hydrogens (primary N) is 1. The van der Waals surface area contributed by atoms with Gasteiger partial charge in [0.2, 0.25) is 5.89 Å². The normalized spacial score (nSPS) is 24.3. The number of hydrogen-bond acceptors (Lipinski definition) is 5. The molecule has 0 aliphatic heterocycles. The highest BCUT2D eigenvalue weighted by Crippen LogP contribution is 2.28. The van der Waals surface area contributed by atoms with Gasteiger partial charge in [-0.15, -0.1) is 0 Å². The molecule has 1 aromatic rings. The molecule has 0 saturated heterocycles. The van der Waals surface area contributed by atoms with E-state index in [1.807, 2.05) is 0 Å². The summed E-state index contributed by atoms with van der Waals surface area (Å²) in [6.45, 7) is 7.77. The predicted molar refractivity (Wildman–Crippen MR) is 79.3 cm³/mol. The van der Waals surface area contributed by atoms with Crippen molar-refractivity contribution >= 4 is 0 Å². The van der Waals surface area contributed by atoms with Crippen LogP contribution >= 0.6 is 0 Å². The Kier molecular flexibility index (Phi) is 4.81. The van der Waals surface area contributed by atoms with Crippen molar-refractivity contribution in [2.45, 2.75) is 64.5 Å². The van der Waals surface area contributed by atoms with Crippen molar-refractivity contribution in [3.8, 4) is 0 Å². The molecule has 0 radical (unpaired) electrons. The molecule has 1 fully saturated rings. The summed E-state index contributed by atoms with van der Waals surface area (Å²) in [6.07, 6.45) is 5.06. The summed E-state index contributed by atoms with van der Waals surface area (Å²) in [6, 6.07) is 0.540. The van der Waals surface area contributed by atoms with Crippen LogP contribution < -0.4 is 5.73 Å². The summed E-state index contributed by atoms with van der Waals surface area (Å²) in [7, 11) is 2.14. The van der Waals surface area contributed by atoms with Crippen molar-refractivity contribution in [1.29, 1.82) is 0 Å². The van der Waals surface area contributed by atoms with E-state index in [4.69, 9.17) is 10.3 Å². The van der Waals surface area contributed by atoms with E-state index in [-0.39, 0.29) is 5.41 Å². The third-order valence-corrected chi connectivity index (χ3v) is 4.26. The van der Waals surface area contributed by atoms with Crippen LogP contribution in [0.1, 0.15) is 58.2 Å². The molecule has 1 aliphatic carbocycles. The highest BCUT2D eigenvalue weighted by molar-refractivity contribution is 5.00. The molecule has 114 valence electrons. The van der Waals surface area contributed by atoms with Gasteiger partial charge in [-0.3, -0.25) is 4.90 Å². The SMILES string of the molecule is CN(Cc1nc(C(C)(C)C)no1)C1CCCCC1CN. The van der Waals surface area contributed by atoms with Crippen LogP contribution in [0, 0.1) is 5.92 Å². The Bertz CT molecular complexity index is 424. The second kappa shape index (κ2) is 6.22. The summed E-state index contributed by atoms with van der Waals surface area (Å²) >= 11 is 0. The van der Waals surface area contributed by atoms with Gasteiger partial charge in [0.1, 0.15) is 0 Å². The molecule has 5 nitrogen and oxygen atoms in total. The third kappa shape index (κ3) is 3.58. The second-order valence-electron chi connectivity index (χ2n) is 7.02. The summed E-state index contributed by atoms with van der Waals surface area (Å²) in [5.41, 5.74) is 5.84. The van der Waals surface area contributed by atoms with Crippen LogP contribution in [0.5, 0.6) is 0 Å². The van der Waals surface area contributed by atoms with Crippen molar-refractivity contribution < 1.29 is 4.52 Å². The summed E-state index contributed by atoms with van der Waals surface area (Å²) < 4.78 is 5.39. The van der Waals surface area contributed by atoms with Gasteiger partial charge >= 0.3 is 0 Å². The van der Waals surface area contributed by atoms with E-state index >= 15 is 0 Å². The van der Waals surface area contributed by atoms with E-state index in [2.05, 4.69) is 42.9 Å². The highest BCUT2D eigenvalue weighted by Gasteiger charge is 2.28. The van der Waals surface area contributed by atoms with Crippen molar-refractivity contribution in [3.05, 3.63) is 11.7 Å². The Labute approximate surface area is 121 Å². The van der Waals surface area contributed by atoms with Crippen molar-refractivity contribution in [2.75, 3.05) is 13.6 Å². The van der Waals surface area contributed by atoms with Gasteiger partial charge < -0.3 is 10.3 Å². The molecule has 1 aliphatic rings. The number of aromatic nitrogens is 2. The minimum atomic E-state index is -0.0645. The Balaban J connectivity index is 2.00. The first kappa shape index (κ1) is 15.4. The van der Waals surface area contributed by atoms with Gasteiger partial charge in [0.15, 0.2) is 5.82 Å². The van der Waals surface area contributed by atoms with Gasteiger partial charge in [-0.2, -0.15) is 4.98 Å². The van der Waals surface area contributed by atoms with Crippen LogP contribution in [0.15, 0.2) is 4.52 Å². The Morgan fingerprint density at radius 3 is 2.60 bits per heavy atom. The van der Waals surface area contributed by atoms with Crippen LogP contribution in [0.2, 0.25) is 0 Å². The predicted octanol–water partition coefficient (Wildman–Crippen LogP) is 2.32. The summed E-state index contributed by atoms with van der Waals surface area (Å²) in [5.74, 6) is 2.08. The number of rotatable bonds is 4.